The van der Waals surface area contributed by atoms with Crippen molar-refractivity contribution in [1.29, 1.82) is 5.26 Å². The summed E-state index contributed by atoms with van der Waals surface area (Å²) in [5.74, 6) is -0.915. The van der Waals surface area contributed by atoms with Crippen molar-refractivity contribution in [1.82, 2.24) is 4.98 Å². The molecule has 0 N–H and O–H groups in total. The van der Waals surface area contributed by atoms with Gasteiger partial charge in [-0.25, -0.2) is 9.18 Å². The van der Waals surface area contributed by atoms with Crippen LogP contribution in [0.5, 0.6) is 0 Å². The summed E-state index contributed by atoms with van der Waals surface area (Å²) in [4.78, 5) is 16.7. The zero-order valence-corrected chi connectivity index (χ0v) is 15.4. The highest BCUT2D eigenvalue weighted by atomic mass is 19.1. The number of nitrogens with zero attached hydrogens (tertiary/aromatic N) is 2. The Morgan fingerprint density at radius 1 is 1.22 bits per heavy atom. The Morgan fingerprint density at radius 2 is 1.93 bits per heavy atom. The molecule has 3 rings (SSSR count). The van der Waals surface area contributed by atoms with Crippen molar-refractivity contribution in [3.63, 3.8) is 0 Å². The Hall–Kier alpha value is -3.26. The molecule has 5 heteroatoms. The number of esters is 1. The van der Waals surface area contributed by atoms with Crippen LogP contribution in [0.1, 0.15) is 36.7 Å². The molecule has 0 fully saturated rings. The molecule has 4 nitrogen and oxygen atoms in total. The molecule has 0 atom stereocenters. The van der Waals surface area contributed by atoms with Crippen LogP contribution in [-0.4, -0.2) is 17.6 Å². The summed E-state index contributed by atoms with van der Waals surface area (Å²) in [7, 11) is 0. The minimum Gasteiger partial charge on any atom is -0.462 e. The maximum Gasteiger partial charge on any atom is 0.340 e. The van der Waals surface area contributed by atoms with Crippen LogP contribution in [-0.2, 0) is 10.2 Å². The maximum atomic E-state index is 13.9. The van der Waals surface area contributed by atoms with Gasteiger partial charge in [-0.15, -0.1) is 0 Å². The van der Waals surface area contributed by atoms with Crippen molar-refractivity contribution in [2.24, 2.45) is 0 Å². The minimum absolute atomic E-state index is 0.231. The molecule has 1 heterocycles. The quantitative estimate of drug-likeness (QED) is 0.612. The van der Waals surface area contributed by atoms with E-state index in [1.807, 2.05) is 38.1 Å². The molecular weight excluding hydrogens is 343 g/mol. The first kappa shape index (κ1) is 18.5. The third-order valence-corrected chi connectivity index (χ3v) is 4.50. The van der Waals surface area contributed by atoms with Crippen LogP contribution >= 0.6 is 0 Å². The predicted molar refractivity (Wildman–Crippen MR) is 102 cm³/mol. The largest absolute Gasteiger partial charge is 0.462 e. The molecule has 0 bridgehead atoms. The average molecular weight is 362 g/mol. The second-order valence-electron chi connectivity index (χ2n) is 6.74. The number of pyridine rings is 1. The molecule has 0 saturated heterocycles. The Morgan fingerprint density at radius 3 is 2.56 bits per heavy atom. The number of ether oxygens (including phenoxy) is 1. The van der Waals surface area contributed by atoms with Crippen molar-refractivity contribution in [3.8, 4) is 17.2 Å². The SMILES string of the molecule is CCOC(=O)c1cnc2ccc(F)cc2c1-c1ccc(C(C)(C)C#N)cc1. The standard InChI is InChI=1S/C22H19FN2O2/c1-4-27-21(26)18-12-25-19-10-9-16(23)11-17(19)20(18)14-5-7-15(8-6-14)22(2,3)13-24/h5-12H,4H2,1-3H3. The summed E-state index contributed by atoms with van der Waals surface area (Å²) < 4.78 is 19.0. The molecule has 0 amide bonds. The molecule has 136 valence electrons. The summed E-state index contributed by atoms with van der Waals surface area (Å²) in [6.45, 7) is 5.63. The molecule has 0 spiro atoms. The first-order chi connectivity index (χ1) is 12.9. The topological polar surface area (TPSA) is 63.0 Å². The number of fused-ring (bicyclic) bond motifs is 1. The van der Waals surface area contributed by atoms with Gasteiger partial charge in [-0.3, -0.25) is 4.98 Å². The number of benzene rings is 2. The average Bonchev–Trinajstić information content (AvgIpc) is 2.67. The van der Waals surface area contributed by atoms with E-state index in [9.17, 15) is 14.4 Å². The van der Waals surface area contributed by atoms with Crippen LogP contribution in [0.25, 0.3) is 22.0 Å². The van der Waals surface area contributed by atoms with Gasteiger partial charge in [0.15, 0.2) is 0 Å². The third-order valence-electron chi connectivity index (χ3n) is 4.50. The molecule has 0 radical (unpaired) electrons. The normalized spacial score (nSPS) is 11.2. The van der Waals surface area contributed by atoms with Gasteiger partial charge < -0.3 is 4.74 Å². The van der Waals surface area contributed by atoms with Crippen LogP contribution in [0.15, 0.2) is 48.7 Å². The molecule has 0 aliphatic rings. The first-order valence-electron chi connectivity index (χ1n) is 8.65. The minimum atomic E-state index is -0.630. The summed E-state index contributed by atoms with van der Waals surface area (Å²) in [6.07, 6.45) is 1.46. The third kappa shape index (κ3) is 3.52. The Balaban J connectivity index is 2.25. The molecule has 3 aromatic rings. The lowest BCUT2D eigenvalue weighted by molar-refractivity contribution is 0.0527. The number of carbonyl (C=O) groups is 1. The number of carbonyl (C=O) groups excluding carboxylic acids is 1. The second kappa shape index (κ2) is 7.16. The van der Waals surface area contributed by atoms with Crippen LogP contribution < -0.4 is 0 Å². The van der Waals surface area contributed by atoms with E-state index in [0.717, 1.165) is 11.1 Å². The fourth-order valence-electron chi connectivity index (χ4n) is 2.96. The van der Waals surface area contributed by atoms with Crippen molar-refractivity contribution in [3.05, 3.63) is 65.6 Å². The molecule has 0 unspecified atom stereocenters. The van der Waals surface area contributed by atoms with Gasteiger partial charge >= 0.3 is 5.97 Å². The molecule has 2 aromatic carbocycles. The number of rotatable bonds is 4. The van der Waals surface area contributed by atoms with Crippen molar-refractivity contribution in [2.75, 3.05) is 6.61 Å². The molecule has 27 heavy (non-hydrogen) atoms. The molecule has 0 saturated carbocycles. The fourth-order valence-corrected chi connectivity index (χ4v) is 2.96. The van der Waals surface area contributed by atoms with Crippen molar-refractivity contribution < 1.29 is 13.9 Å². The van der Waals surface area contributed by atoms with Gasteiger partial charge in [0.1, 0.15) is 5.82 Å². The Bertz CT molecular complexity index is 1050. The molecule has 1 aromatic heterocycles. The number of hydrogen-bond donors (Lipinski definition) is 0. The number of hydrogen-bond acceptors (Lipinski definition) is 4. The van der Waals surface area contributed by atoms with E-state index in [0.29, 0.717) is 16.5 Å². The zero-order valence-electron chi connectivity index (χ0n) is 15.4. The highest BCUT2D eigenvalue weighted by Crippen LogP contribution is 2.33. The summed E-state index contributed by atoms with van der Waals surface area (Å²) in [5, 5.41) is 9.86. The predicted octanol–water partition coefficient (Wildman–Crippen LogP) is 5.02. The van der Waals surface area contributed by atoms with Gasteiger partial charge in [0.2, 0.25) is 0 Å². The lowest BCUT2D eigenvalue weighted by atomic mass is 9.85. The number of nitriles is 1. The molecule has 0 aliphatic heterocycles. The first-order valence-corrected chi connectivity index (χ1v) is 8.65. The summed E-state index contributed by atoms with van der Waals surface area (Å²) in [6, 6.07) is 13.9. The van der Waals surface area contributed by atoms with Gasteiger partial charge in [-0.2, -0.15) is 5.26 Å². The van der Waals surface area contributed by atoms with Crippen LogP contribution in [0.3, 0.4) is 0 Å². The summed E-state index contributed by atoms with van der Waals surface area (Å²) in [5.41, 5.74) is 2.39. The van der Waals surface area contributed by atoms with E-state index in [1.54, 1.807) is 13.0 Å². The molecular formula is C22H19FN2O2. The van der Waals surface area contributed by atoms with Crippen LogP contribution in [0.2, 0.25) is 0 Å². The zero-order chi connectivity index (χ0) is 19.6. The Labute approximate surface area is 157 Å². The van der Waals surface area contributed by atoms with E-state index >= 15 is 0 Å². The van der Waals surface area contributed by atoms with E-state index < -0.39 is 17.2 Å². The van der Waals surface area contributed by atoms with Gasteiger partial charge in [-0.1, -0.05) is 24.3 Å². The van der Waals surface area contributed by atoms with Crippen molar-refractivity contribution in [2.45, 2.75) is 26.2 Å². The van der Waals surface area contributed by atoms with E-state index in [2.05, 4.69) is 11.1 Å². The monoisotopic (exact) mass is 362 g/mol. The number of halogens is 1. The van der Waals surface area contributed by atoms with Crippen LogP contribution in [0, 0.1) is 17.1 Å². The Kier molecular flexibility index (Phi) is 4.91. The highest BCUT2D eigenvalue weighted by Gasteiger charge is 2.22. The smallest absolute Gasteiger partial charge is 0.340 e. The van der Waals surface area contributed by atoms with Crippen LogP contribution in [0.4, 0.5) is 4.39 Å². The number of aromatic nitrogens is 1. The van der Waals surface area contributed by atoms with Gasteiger partial charge in [0.25, 0.3) is 0 Å². The molecule has 0 aliphatic carbocycles. The van der Waals surface area contributed by atoms with Crippen molar-refractivity contribution >= 4 is 16.9 Å². The highest BCUT2D eigenvalue weighted by molar-refractivity contribution is 6.06. The van der Waals surface area contributed by atoms with Gasteiger partial charge in [0, 0.05) is 17.1 Å². The lowest BCUT2D eigenvalue weighted by Gasteiger charge is -2.17. The fraction of sp³-hybridized carbons (Fsp3) is 0.227. The van der Waals surface area contributed by atoms with E-state index in [1.165, 1.54) is 18.3 Å². The van der Waals surface area contributed by atoms with E-state index in [-0.39, 0.29) is 12.2 Å². The maximum absolute atomic E-state index is 13.9. The van der Waals surface area contributed by atoms with Gasteiger partial charge in [0.05, 0.1) is 29.2 Å². The summed E-state index contributed by atoms with van der Waals surface area (Å²) >= 11 is 0. The second-order valence-corrected chi connectivity index (χ2v) is 6.74. The lowest BCUT2D eigenvalue weighted by Crippen LogP contribution is -2.13. The van der Waals surface area contributed by atoms with E-state index in [4.69, 9.17) is 4.74 Å². The van der Waals surface area contributed by atoms with Gasteiger partial charge in [-0.05, 0) is 50.1 Å².